The molecule has 0 bridgehead atoms. The van der Waals surface area contributed by atoms with Crippen molar-refractivity contribution >= 4 is 8.32 Å². The van der Waals surface area contributed by atoms with Crippen LogP contribution in [0, 0.1) is 0 Å². The van der Waals surface area contributed by atoms with Gasteiger partial charge in [-0.25, -0.2) is 0 Å². The predicted molar refractivity (Wildman–Crippen MR) is 85.7 cm³/mol. The van der Waals surface area contributed by atoms with E-state index in [1.807, 2.05) is 0 Å². The van der Waals surface area contributed by atoms with Gasteiger partial charge in [0.2, 0.25) is 0 Å². The second-order valence-electron chi connectivity index (χ2n) is 6.55. The van der Waals surface area contributed by atoms with Crippen molar-refractivity contribution in [3.8, 4) is 0 Å². The molecule has 0 amide bonds. The molecule has 1 unspecified atom stereocenters. The van der Waals surface area contributed by atoms with E-state index in [9.17, 15) is 0 Å². The third kappa shape index (κ3) is 12.6. The maximum atomic E-state index is 6.31. The lowest BCUT2D eigenvalue weighted by molar-refractivity contribution is 0.166. The van der Waals surface area contributed by atoms with Crippen molar-refractivity contribution in [2.75, 3.05) is 0 Å². The zero-order chi connectivity index (χ0) is 13.9. The molecule has 0 N–H and O–H groups in total. The first-order valence-electron chi connectivity index (χ1n) is 8.17. The summed E-state index contributed by atoms with van der Waals surface area (Å²) in [7, 11) is -1.35. The summed E-state index contributed by atoms with van der Waals surface area (Å²) in [5, 5.41) is 0. The zero-order valence-electron chi connectivity index (χ0n) is 13.6. The fourth-order valence-corrected chi connectivity index (χ4v) is 3.58. The largest absolute Gasteiger partial charge is 0.415 e. The molecule has 0 aromatic rings. The van der Waals surface area contributed by atoms with Gasteiger partial charge in [-0.2, -0.15) is 0 Å². The molecule has 1 atom stereocenters. The van der Waals surface area contributed by atoms with Gasteiger partial charge >= 0.3 is 0 Å². The average Bonchev–Trinajstić information content (AvgIpc) is 2.28. The number of hydrogen-bond donors (Lipinski definition) is 0. The summed E-state index contributed by atoms with van der Waals surface area (Å²) in [5.74, 6) is 0. The molecular weight excluding hydrogens is 236 g/mol. The Balaban J connectivity index is 3.72. The molecule has 0 spiro atoms. The summed E-state index contributed by atoms with van der Waals surface area (Å²) in [6, 6.07) is 0. The Morgan fingerprint density at radius 1 is 0.722 bits per heavy atom. The highest BCUT2D eigenvalue weighted by Crippen LogP contribution is 2.19. The second kappa shape index (κ2) is 11.0. The minimum Gasteiger partial charge on any atom is -0.415 e. The molecular formula is C16H36OSi. The zero-order valence-corrected chi connectivity index (χ0v) is 14.6. The summed E-state index contributed by atoms with van der Waals surface area (Å²) in [5.41, 5.74) is 0. The summed E-state index contributed by atoms with van der Waals surface area (Å²) in [4.78, 5) is 0. The van der Waals surface area contributed by atoms with Gasteiger partial charge in [0.05, 0.1) is 0 Å². The van der Waals surface area contributed by atoms with Gasteiger partial charge in [-0.15, -0.1) is 0 Å². The highest BCUT2D eigenvalue weighted by Gasteiger charge is 2.20. The summed E-state index contributed by atoms with van der Waals surface area (Å²) in [6.45, 7) is 11.5. The van der Waals surface area contributed by atoms with E-state index >= 15 is 0 Å². The molecule has 0 aliphatic rings. The van der Waals surface area contributed by atoms with E-state index < -0.39 is 8.32 Å². The van der Waals surface area contributed by atoms with Crippen LogP contribution in [0.15, 0.2) is 0 Å². The minimum absolute atomic E-state index is 0.544. The predicted octanol–water partition coefficient (Wildman–Crippen LogP) is 6.15. The van der Waals surface area contributed by atoms with Gasteiger partial charge in [0.25, 0.3) is 0 Å². The van der Waals surface area contributed by atoms with Crippen molar-refractivity contribution in [2.24, 2.45) is 0 Å². The first-order chi connectivity index (χ1) is 8.49. The van der Waals surface area contributed by atoms with Gasteiger partial charge in [0.15, 0.2) is 8.32 Å². The molecule has 0 heterocycles. The Bertz CT molecular complexity index is 174. The summed E-state index contributed by atoms with van der Waals surface area (Å²) >= 11 is 0. The van der Waals surface area contributed by atoms with E-state index in [4.69, 9.17) is 4.43 Å². The third-order valence-corrected chi connectivity index (χ3v) is 4.32. The number of hydrogen-bond acceptors (Lipinski definition) is 1. The Morgan fingerprint density at radius 2 is 1.22 bits per heavy atom. The van der Waals surface area contributed by atoms with E-state index in [0.29, 0.717) is 6.10 Å². The van der Waals surface area contributed by atoms with Gasteiger partial charge in [-0.1, -0.05) is 65.2 Å². The topological polar surface area (TPSA) is 9.23 Å². The molecule has 18 heavy (non-hydrogen) atoms. The summed E-state index contributed by atoms with van der Waals surface area (Å²) in [6.07, 6.45) is 14.1. The van der Waals surface area contributed by atoms with Crippen LogP contribution in [0.1, 0.15) is 78.1 Å². The molecule has 0 aliphatic heterocycles. The van der Waals surface area contributed by atoms with Crippen LogP contribution in [0.5, 0.6) is 0 Å². The van der Waals surface area contributed by atoms with Crippen molar-refractivity contribution in [3.05, 3.63) is 0 Å². The molecule has 110 valence electrons. The highest BCUT2D eigenvalue weighted by atomic mass is 28.4. The normalized spacial score (nSPS) is 13.8. The molecule has 0 radical (unpaired) electrons. The first-order valence-corrected chi connectivity index (χ1v) is 11.6. The quantitative estimate of drug-likeness (QED) is 0.306. The van der Waals surface area contributed by atoms with E-state index in [1.165, 1.54) is 64.2 Å². The maximum Gasteiger partial charge on any atom is 0.184 e. The van der Waals surface area contributed by atoms with Crippen molar-refractivity contribution < 1.29 is 4.43 Å². The van der Waals surface area contributed by atoms with E-state index in [-0.39, 0.29) is 0 Å². The van der Waals surface area contributed by atoms with Gasteiger partial charge in [-0.3, -0.25) is 0 Å². The highest BCUT2D eigenvalue weighted by molar-refractivity contribution is 6.69. The van der Waals surface area contributed by atoms with E-state index in [1.54, 1.807) is 0 Å². The fourth-order valence-electron chi connectivity index (χ4n) is 2.35. The molecule has 2 heteroatoms. The fraction of sp³-hybridized carbons (Fsp3) is 1.00. The Morgan fingerprint density at radius 3 is 1.78 bits per heavy atom. The van der Waals surface area contributed by atoms with Crippen LogP contribution in [-0.2, 0) is 4.43 Å². The molecule has 1 nitrogen and oxygen atoms in total. The van der Waals surface area contributed by atoms with Crippen LogP contribution in [-0.4, -0.2) is 14.4 Å². The Labute approximate surface area is 117 Å². The lowest BCUT2D eigenvalue weighted by atomic mass is 10.0. The SMILES string of the molecule is CCCCCCCCC(CCCC)O[Si](C)(C)C. The van der Waals surface area contributed by atoms with Gasteiger partial charge in [-0.05, 0) is 32.5 Å². The average molecular weight is 273 g/mol. The Kier molecular flexibility index (Phi) is 11.1. The number of unbranched alkanes of at least 4 members (excludes halogenated alkanes) is 6. The van der Waals surface area contributed by atoms with Crippen LogP contribution in [0.3, 0.4) is 0 Å². The molecule has 0 aromatic carbocycles. The smallest absolute Gasteiger partial charge is 0.184 e. The van der Waals surface area contributed by atoms with Crippen molar-refractivity contribution in [3.63, 3.8) is 0 Å². The summed E-state index contributed by atoms with van der Waals surface area (Å²) < 4.78 is 6.31. The van der Waals surface area contributed by atoms with Crippen LogP contribution in [0.2, 0.25) is 19.6 Å². The van der Waals surface area contributed by atoms with Crippen molar-refractivity contribution in [2.45, 2.75) is 104 Å². The van der Waals surface area contributed by atoms with E-state index in [0.717, 1.165) is 0 Å². The minimum atomic E-state index is -1.35. The Hall–Kier alpha value is 0.177. The molecule has 0 rings (SSSR count). The van der Waals surface area contributed by atoms with Crippen LogP contribution in [0.25, 0.3) is 0 Å². The van der Waals surface area contributed by atoms with Gasteiger partial charge in [0, 0.05) is 6.10 Å². The molecule has 0 saturated heterocycles. The van der Waals surface area contributed by atoms with Gasteiger partial charge < -0.3 is 4.43 Å². The van der Waals surface area contributed by atoms with Gasteiger partial charge in [0.1, 0.15) is 0 Å². The first kappa shape index (κ1) is 18.2. The second-order valence-corrected chi connectivity index (χ2v) is 11.0. The lowest BCUT2D eigenvalue weighted by Crippen LogP contribution is -2.32. The maximum absolute atomic E-state index is 6.31. The molecule has 0 aliphatic carbocycles. The van der Waals surface area contributed by atoms with Crippen molar-refractivity contribution in [1.82, 2.24) is 0 Å². The number of rotatable bonds is 12. The monoisotopic (exact) mass is 272 g/mol. The van der Waals surface area contributed by atoms with E-state index in [2.05, 4.69) is 33.5 Å². The standard InChI is InChI=1S/C16H36OSi/c1-6-8-10-11-12-13-15-16(14-9-7-2)17-18(3,4)5/h16H,6-15H2,1-5H3. The van der Waals surface area contributed by atoms with Crippen LogP contribution < -0.4 is 0 Å². The van der Waals surface area contributed by atoms with Crippen LogP contribution in [0.4, 0.5) is 0 Å². The molecule has 0 aromatic heterocycles. The third-order valence-electron chi connectivity index (χ3n) is 3.28. The van der Waals surface area contributed by atoms with Crippen LogP contribution >= 0.6 is 0 Å². The lowest BCUT2D eigenvalue weighted by Gasteiger charge is -2.26. The molecule has 0 saturated carbocycles. The van der Waals surface area contributed by atoms with Crippen molar-refractivity contribution in [1.29, 1.82) is 0 Å². The molecule has 0 fully saturated rings.